The van der Waals surface area contributed by atoms with Crippen LogP contribution in [-0.2, 0) is 32.0 Å². The number of ether oxygens (including phenoxy) is 2. The molecule has 0 aliphatic heterocycles. The second-order valence-corrected chi connectivity index (χ2v) is 6.51. The minimum absolute atomic E-state index is 0.0575. The molecule has 0 aliphatic rings. The third-order valence-electron chi connectivity index (χ3n) is 4.35. The summed E-state index contributed by atoms with van der Waals surface area (Å²) in [5.74, 6) is -1.97. The van der Waals surface area contributed by atoms with E-state index in [1.54, 1.807) is 18.2 Å². The molecule has 8 nitrogen and oxygen atoms in total. The van der Waals surface area contributed by atoms with E-state index in [0.29, 0.717) is 11.4 Å². The van der Waals surface area contributed by atoms with Crippen LogP contribution in [0.25, 0.3) is 0 Å². The van der Waals surface area contributed by atoms with Crippen LogP contribution >= 0.6 is 0 Å². The van der Waals surface area contributed by atoms with E-state index < -0.39 is 35.7 Å². The van der Waals surface area contributed by atoms with Crippen LogP contribution in [-0.4, -0.2) is 49.1 Å². The summed E-state index contributed by atoms with van der Waals surface area (Å²) in [5.41, 5.74) is 0.843. The number of benzene rings is 1. The fourth-order valence-corrected chi connectivity index (χ4v) is 2.93. The Morgan fingerprint density at radius 1 is 1.00 bits per heavy atom. The first-order chi connectivity index (χ1) is 14.3. The molecule has 0 saturated carbocycles. The van der Waals surface area contributed by atoms with Gasteiger partial charge in [0.25, 0.3) is 0 Å². The van der Waals surface area contributed by atoms with Crippen molar-refractivity contribution in [2.75, 3.05) is 14.2 Å². The Bertz CT molecular complexity index is 906. The van der Waals surface area contributed by atoms with Crippen LogP contribution in [0, 0.1) is 5.82 Å². The van der Waals surface area contributed by atoms with Crippen molar-refractivity contribution in [1.29, 1.82) is 0 Å². The molecule has 0 aliphatic carbocycles. The number of rotatable bonds is 9. The number of nitrogens with zero attached hydrogens (tertiary/aromatic N) is 1. The molecule has 2 aromatic rings. The average molecular weight is 417 g/mol. The molecule has 9 heteroatoms. The molecule has 1 aromatic heterocycles. The molecular weight excluding hydrogens is 393 g/mol. The first kappa shape index (κ1) is 22.8. The zero-order chi connectivity index (χ0) is 22.1. The van der Waals surface area contributed by atoms with Gasteiger partial charge in [0.05, 0.1) is 14.2 Å². The molecule has 0 unspecified atom stereocenters. The number of halogens is 1. The molecule has 2 rings (SSSR count). The number of carbonyl (C=O) groups is 3. The van der Waals surface area contributed by atoms with Gasteiger partial charge in [0, 0.05) is 31.5 Å². The van der Waals surface area contributed by atoms with E-state index in [-0.39, 0.29) is 18.4 Å². The fourth-order valence-electron chi connectivity index (χ4n) is 2.93. The van der Waals surface area contributed by atoms with Gasteiger partial charge in [-0.1, -0.05) is 24.3 Å². The van der Waals surface area contributed by atoms with Crippen LogP contribution in [0.15, 0.2) is 42.6 Å². The molecule has 2 atom stereocenters. The summed E-state index contributed by atoms with van der Waals surface area (Å²) in [6.45, 7) is 1.25. The molecule has 0 saturated heterocycles. The lowest BCUT2D eigenvalue weighted by molar-refractivity contribution is -0.145. The fraction of sp³-hybridized carbons (Fsp3) is 0.333. The van der Waals surface area contributed by atoms with Crippen molar-refractivity contribution >= 4 is 17.8 Å². The zero-order valence-corrected chi connectivity index (χ0v) is 17.0. The Balaban J connectivity index is 2.22. The van der Waals surface area contributed by atoms with Crippen LogP contribution in [0.3, 0.4) is 0 Å². The number of nitrogens with one attached hydrogen (secondary N) is 2. The van der Waals surface area contributed by atoms with E-state index in [1.807, 2.05) is 0 Å². The third-order valence-corrected chi connectivity index (χ3v) is 4.35. The normalized spacial score (nSPS) is 12.4. The number of amides is 2. The third kappa shape index (κ3) is 6.26. The second-order valence-electron chi connectivity index (χ2n) is 6.51. The summed E-state index contributed by atoms with van der Waals surface area (Å²) >= 11 is 0. The number of aromatic nitrogens is 1. The monoisotopic (exact) mass is 417 g/mol. The number of carbonyl (C=O) groups excluding carboxylic acids is 3. The Hall–Kier alpha value is -3.49. The maximum atomic E-state index is 14.0. The summed E-state index contributed by atoms with van der Waals surface area (Å²) in [5, 5.41) is 5.08. The van der Waals surface area contributed by atoms with Crippen LogP contribution in [0.5, 0.6) is 5.88 Å². The van der Waals surface area contributed by atoms with E-state index in [0.717, 1.165) is 0 Å². The largest absolute Gasteiger partial charge is 0.481 e. The molecule has 0 fully saturated rings. The highest BCUT2D eigenvalue weighted by molar-refractivity contribution is 5.90. The first-order valence-electron chi connectivity index (χ1n) is 9.22. The predicted molar refractivity (Wildman–Crippen MR) is 106 cm³/mol. The van der Waals surface area contributed by atoms with Gasteiger partial charge in [-0.05, 0) is 17.7 Å². The minimum Gasteiger partial charge on any atom is -0.481 e. The van der Waals surface area contributed by atoms with Gasteiger partial charge >= 0.3 is 5.97 Å². The number of methoxy groups -OCH3 is 2. The van der Waals surface area contributed by atoms with Gasteiger partial charge in [-0.2, -0.15) is 0 Å². The van der Waals surface area contributed by atoms with Gasteiger partial charge in [-0.3, -0.25) is 9.59 Å². The number of esters is 1. The summed E-state index contributed by atoms with van der Waals surface area (Å²) in [7, 11) is 2.64. The van der Waals surface area contributed by atoms with Gasteiger partial charge in [0.15, 0.2) is 0 Å². The van der Waals surface area contributed by atoms with Gasteiger partial charge in [-0.15, -0.1) is 0 Å². The van der Waals surface area contributed by atoms with Gasteiger partial charge in [0.2, 0.25) is 17.7 Å². The highest BCUT2D eigenvalue weighted by Gasteiger charge is 2.28. The van der Waals surface area contributed by atoms with Crippen LogP contribution < -0.4 is 15.4 Å². The molecule has 0 spiro atoms. The lowest BCUT2D eigenvalue weighted by Gasteiger charge is -2.22. The number of pyridine rings is 1. The summed E-state index contributed by atoms with van der Waals surface area (Å²) < 4.78 is 24.0. The quantitative estimate of drug-likeness (QED) is 0.594. The lowest BCUT2D eigenvalue weighted by Crippen LogP contribution is -2.53. The molecule has 2 N–H and O–H groups in total. The standard InChI is InChI=1S/C21H24FN3O5/c1-13(26)24-17(11-14-7-4-5-9-16(14)22)19(27)25-18(21(28)30-3)12-15-8-6-10-23-20(15)29-2/h4-10,17-18H,11-12H2,1-3H3,(H,24,26)(H,25,27)/t17-,18-/m1/s1. The lowest BCUT2D eigenvalue weighted by atomic mass is 10.0. The van der Waals surface area contributed by atoms with Crippen molar-refractivity contribution in [2.24, 2.45) is 0 Å². The second kappa shape index (κ2) is 10.9. The van der Waals surface area contributed by atoms with Crippen molar-refractivity contribution in [3.63, 3.8) is 0 Å². The molecule has 1 aromatic carbocycles. The first-order valence-corrected chi connectivity index (χ1v) is 9.22. The molecule has 0 radical (unpaired) electrons. The minimum atomic E-state index is -1.08. The Morgan fingerprint density at radius 2 is 1.67 bits per heavy atom. The van der Waals surface area contributed by atoms with Crippen LogP contribution in [0.2, 0.25) is 0 Å². The van der Waals surface area contributed by atoms with Crippen molar-refractivity contribution in [3.05, 3.63) is 59.5 Å². The maximum Gasteiger partial charge on any atom is 0.328 e. The summed E-state index contributed by atoms with van der Waals surface area (Å²) in [4.78, 5) is 40.8. The van der Waals surface area contributed by atoms with Crippen LogP contribution in [0.4, 0.5) is 4.39 Å². The summed E-state index contributed by atoms with van der Waals surface area (Å²) in [6, 6.07) is 7.19. The highest BCUT2D eigenvalue weighted by Crippen LogP contribution is 2.16. The van der Waals surface area contributed by atoms with Crippen molar-refractivity contribution in [2.45, 2.75) is 31.8 Å². The van der Waals surface area contributed by atoms with E-state index >= 15 is 0 Å². The Morgan fingerprint density at radius 3 is 2.30 bits per heavy atom. The van der Waals surface area contributed by atoms with Crippen LogP contribution in [0.1, 0.15) is 18.1 Å². The van der Waals surface area contributed by atoms with Gasteiger partial charge < -0.3 is 20.1 Å². The van der Waals surface area contributed by atoms with Crippen molar-refractivity contribution < 1.29 is 28.2 Å². The molecular formula is C21H24FN3O5. The Kier molecular flexibility index (Phi) is 8.28. The number of hydrogen-bond acceptors (Lipinski definition) is 6. The van der Waals surface area contributed by atoms with E-state index in [1.165, 1.54) is 45.5 Å². The molecule has 2 amide bonds. The molecule has 0 bridgehead atoms. The molecule has 160 valence electrons. The molecule has 1 heterocycles. The SMILES string of the molecule is COC(=O)[C@@H](Cc1cccnc1OC)NC(=O)[C@@H](Cc1ccccc1F)NC(C)=O. The highest BCUT2D eigenvalue weighted by atomic mass is 19.1. The maximum absolute atomic E-state index is 14.0. The van der Waals surface area contributed by atoms with Gasteiger partial charge in [-0.25, -0.2) is 14.2 Å². The Labute approximate surface area is 173 Å². The van der Waals surface area contributed by atoms with E-state index in [2.05, 4.69) is 15.6 Å². The van der Waals surface area contributed by atoms with Crippen molar-refractivity contribution in [3.8, 4) is 5.88 Å². The predicted octanol–water partition coefficient (Wildman–Crippen LogP) is 1.18. The summed E-state index contributed by atoms with van der Waals surface area (Å²) in [6.07, 6.45) is 1.51. The van der Waals surface area contributed by atoms with E-state index in [4.69, 9.17) is 9.47 Å². The zero-order valence-electron chi connectivity index (χ0n) is 17.0. The smallest absolute Gasteiger partial charge is 0.328 e. The molecule has 30 heavy (non-hydrogen) atoms. The topological polar surface area (TPSA) is 107 Å². The average Bonchev–Trinajstić information content (AvgIpc) is 2.73. The van der Waals surface area contributed by atoms with Crippen molar-refractivity contribution in [1.82, 2.24) is 15.6 Å². The number of hydrogen-bond donors (Lipinski definition) is 2. The van der Waals surface area contributed by atoms with Gasteiger partial charge in [0.1, 0.15) is 17.9 Å². The van der Waals surface area contributed by atoms with E-state index in [9.17, 15) is 18.8 Å².